The van der Waals surface area contributed by atoms with Gasteiger partial charge in [-0.1, -0.05) is 22.9 Å². The summed E-state index contributed by atoms with van der Waals surface area (Å²) in [7, 11) is 0. The smallest absolute Gasteiger partial charge is 0.123 e. The third kappa shape index (κ3) is 3.20. The highest BCUT2D eigenvalue weighted by Gasteiger charge is 2.17. The maximum absolute atomic E-state index is 13.4. The molecule has 1 unspecified atom stereocenters. The number of halogens is 2. The van der Waals surface area contributed by atoms with Crippen molar-refractivity contribution in [1.82, 2.24) is 15.2 Å². The predicted molar refractivity (Wildman–Crippen MR) is 75.8 cm³/mol. The molecule has 0 spiro atoms. The van der Waals surface area contributed by atoms with E-state index >= 15 is 0 Å². The molecule has 0 aliphatic rings. The molecule has 2 aromatic rings. The first-order valence-electron chi connectivity index (χ1n) is 6.09. The Labute approximate surface area is 119 Å². The number of nitrogens with zero attached hydrogens (tertiary/aromatic N) is 2. The summed E-state index contributed by atoms with van der Waals surface area (Å²) in [4.78, 5) is 0. The highest BCUT2D eigenvalue weighted by atomic mass is 79.9. The third-order valence-corrected chi connectivity index (χ3v) is 3.60. The lowest BCUT2D eigenvalue weighted by Crippen LogP contribution is -2.29. The average Bonchev–Trinajstić information content (AvgIpc) is 2.83. The molecule has 1 aromatic heterocycles. The SMILES string of the molecule is CCCn1cc(C(NN)c2cc(F)ccc2Br)cn1. The van der Waals surface area contributed by atoms with Gasteiger partial charge < -0.3 is 0 Å². The zero-order valence-corrected chi connectivity index (χ0v) is 12.2. The Bertz CT molecular complexity index is 555. The fraction of sp³-hybridized carbons (Fsp3) is 0.308. The van der Waals surface area contributed by atoms with E-state index in [1.54, 1.807) is 12.3 Å². The summed E-state index contributed by atoms with van der Waals surface area (Å²) in [6, 6.07) is 4.24. The standard InChI is InChI=1S/C13H16BrFN4/c1-2-5-19-8-9(7-17-19)13(18-16)11-6-10(15)3-4-12(11)14/h3-4,6-8,13,18H,2,5,16H2,1H3. The molecule has 0 fully saturated rings. The van der Waals surface area contributed by atoms with Crippen LogP contribution in [0.5, 0.6) is 0 Å². The van der Waals surface area contributed by atoms with Crippen molar-refractivity contribution >= 4 is 15.9 Å². The van der Waals surface area contributed by atoms with Gasteiger partial charge >= 0.3 is 0 Å². The molecule has 0 saturated carbocycles. The number of hydrogen-bond acceptors (Lipinski definition) is 3. The lowest BCUT2D eigenvalue weighted by molar-refractivity contribution is 0.593. The monoisotopic (exact) mass is 326 g/mol. The third-order valence-electron chi connectivity index (χ3n) is 2.87. The Kier molecular flexibility index (Phi) is 4.68. The molecule has 4 nitrogen and oxygen atoms in total. The molecule has 19 heavy (non-hydrogen) atoms. The van der Waals surface area contributed by atoms with Crippen LogP contribution >= 0.6 is 15.9 Å². The lowest BCUT2D eigenvalue weighted by atomic mass is 10.0. The number of hydrogen-bond donors (Lipinski definition) is 2. The van der Waals surface area contributed by atoms with Crippen molar-refractivity contribution in [1.29, 1.82) is 0 Å². The minimum Gasteiger partial charge on any atom is -0.272 e. The maximum atomic E-state index is 13.4. The second kappa shape index (κ2) is 6.27. The van der Waals surface area contributed by atoms with Crippen molar-refractivity contribution in [3.8, 4) is 0 Å². The van der Waals surface area contributed by atoms with Gasteiger partial charge in [-0.25, -0.2) is 9.82 Å². The Morgan fingerprint density at radius 3 is 3.00 bits per heavy atom. The van der Waals surface area contributed by atoms with Crippen LogP contribution in [-0.4, -0.2) is 9.78 Å². The Morgan fingerprint density at radius 2 is 2.32 bits per heavy atom. The number of nitrogens with two attached hydrogens (primary N) is 1. The Balaban J connectivity index is 2.35. The summed E-state index contributed by atoms with van der Waals surface area (Å²) < 4.78 is 16.0. The van der Waals surface area contributed by atoms with Gasteiger partial charge in [0.25, 0.3) is 0 Å². The number of nitrogens with one attached hydrogen (secondary N) is 1. The summed E-state index contributed by atoms with van der Waals surface area (Å²) in [5.41, 5.74) is 4.36. The van der Waals surface area contributed by atoms with Crippen LogP contribution in [-0.2, 0) is 6.54 Å². The normalized spacial score (nSPS) is 12.6. The van der Waals surface area contributed by atoms with Gasteiger partial charge in [0, 0.05) is 22.8 Å². The fourth-order valence-corrected chi connectivity index (χ4v) is 2.46. The minimum absolute atomic E-state index is 0.292. The van der Waals surface area contributed by atoms with Crippen molar-refractivity contribution < 1.29 is 4.39 Å². The van der Waals surface area contributed by atoms with Gasteiger partial charge in [0.05, 0.1) is 12.2 Å². The molecule has 0 aliphatic carbocycles. The first-order chi connectivity index (χ1) is 9.15. The number of aromatic nitrogens is 2. The average molecular weight is 327 g/mol. The summed E-state index contributed by atoms with van der Waals surface area (Å²) in [6.45, 7) is 2.94. The van der Waals surface area contributed by atoms with Crippen LogP contribution in [0.25, 0.3) is 0 Å². The number of hydrazine groups is 1. The van der Waals surface area contributed by atoms with Gasteiger partial charge in [-0.15, -0.1) is 0 Å². The van der Waals surface area contributed by atoms with E-state index in [-0.39, 0.29) is 11.9 Å². The molecule has 0 saturated heterocycles. The van der Waals surface area contributed by atoms with E-state index in [1.807, 2.05) is 10.9 Å². The van der Waals surface area contributed by atoms with E-state index in [0.29, 0.717) is 0 Å². The largest absolute Gasteiger partial charge is 0.272 e. The molecule has 0 radical (unpaired) electrons. The Morgan fingerprint density at radius 1 is 1.53 bits per heavy atom. The van der Waals surface area contributed by atoms with Crippen molar-refractivity contribution in [2.24, 2.45) is 5.84 Å². The van der Waals surface area contributed by atoms with Gasteiger partial charge in [0.1, 0.15) is 5.82 Å². The number of rotatable bonds is 5. The van der Waals surface area contributed by atoms with E-state index in [2.05, 4.69) is 33.4 Å². The van der Waals surface area contributed by atoms with Crippen LogP contribution in [0.2, 0.25) is 0 Å². The molecule has 0 bridgehead atoms. The van der Waals surface area contributed by atoms with Crippen LogP contribution in [0.15, 0.2) is 35.1 Å². The number of aryl methyl sites for hydroxylation is 1. The molecule has 2 rings (SSSR count). The number of benzene rings is 1. The van der Waals surface area contributed by atoms with Crippen LogP contribution < -0.4 is 11.3 Å². The van der Waals surface area contributed by atoms with Gasteiger partial charge in [-0.3, -0.25) is 10.5 Å². The second-order valence-corrected chi connectivity index (χ2v) is 5.16. The summed E-state index contributed by atoms with van der Waals surface area (Å²) >= 11 is 3.42. The Hall–Kier alpha value is -1.24. The maximum Gasteiger partial charge on any atom is 0.123 e. The van der Waals surface area contributed by atoms with Crippen LogP contribution in [0, 0.1) is 5.82 Å². The molecule has 1 heterocycles. The van der Waals surface area contributed by atoms with Crippen molar-refractivity contribution in [2.45, 2.75) is 25.9 Å². The highest BCUT2D eigenvalue weighted by Crippen LogP contribution is 2.28. The van der Waals surface area contributed by atoms with E-state index in [1.165, 1.54) is 12.1 Å². The van der Waals surface area contributed by atoms with Gasteiger partial charge in [-0.2, -0.15) is 5.10 Å². The molecule has 3 N–H and O–H groups in total. The van der Waals surface area contributed by atoms with Crippen LogP contribution in [0.4, 0.5) is 4.39 Å². The van der Waals surface area contributed by atoms with Gasteiger partial charge in [-0.05, 0) is 30.2 Å². The molecule has 0 amide bonds. The minimum atomic E-state index is -0.296. The molecular formula is C13H16BrFN4. The molecule has 6 heteroatoms. The summed E-state index contributed by atoms with van der Waals surface area (Å²) in [6.07, 6.45) is 4.68. The molecule has 1 aromatic carbocycles. The zero-order chi connectivity index (χ0) is 13.8. The highest BCUT2D eigenvalue weighted by molar-refractivity contribution is 9.10. The van der Waals surface area contributed by atoms with E-state index in [0.717, 1.165) is 28.6 Å². The topological polar surface area (TPSA) is 55.9 Å². The van der Waals surface area contributed by atoms with Crippen LogP contribution in [0.1, 0.15) is 30.5 Å². The summed E-state index contributed by atoms with van der Waals surface area (Å²) in [5.74, 6) is 5.32. The first-order valence-corrected chi connectivity index (χ1v) is 6.88. The van der Waals surface area contributed by atoms with Crippen molar-refractivity contribution in [3.05, 3.63) is 52.0 Å². The predicted octanol–water partition coefficient (Wildman–Crippen LogP) is 2.75. The zero-order valence-electron chi connectivity index (χ0n) is 10.6. The van der Waals surface area contributed by atoms with E-state index in [4.69, 9.17) is 5.84 Å². The summed E-state index contributed by atoms with van der Waals surface area (Å²) in [5, 5.41) is 4.26. The fourth-order valence-electron chi connectivity index (χ4n) is 1.98. The van der Waals surface area contributed by atoms with Crippen LogP contribution in [0.3, 0.4) is 0 Å². The molecule has 1 atom stereocenters. The lowest BCUT2D eigenvalue weighted by Gasteiger charge is -2.16. The van der Waals surface area contributed by atoms with Crippen molar-refractivity contribution in [3.63, 3.8) is 0 Å². The van der Waals surface area contributed by atoms with Crippen molar-refractivity contribution in [2.75, 3.05) is 0 Å². The quantitative estimate of drug-likeness (QED) is 0.656. The second-order valence-electron chi connectivity index (χ2n) is 4.30. The molecule has 0 aliphatic heterocycles. The molecular weight excluding hydrogens is 311 g/mol. The molecule has 102 valence electrons. The van der Waals surface area contributed by atoms with E-state index in [9.17, 15) is 4.39 Å². The van der Waals surface area contributed by atoms with Gasteiger partial charge in [0.15, 0.2) is 0 Å². The van der Waals surface area contributed by atoms with E-state index < -0.39 is 0 Å². The first kappa shape index (κ1) is 14.2. The van der Waals surface area contributed by atoms with Gasteiger partial charge in [0.2, 0.25) is 0 Å².